The van der Waals surface area contributed by atoms with E-state index in [-0.39, 0.29) is 0 Å². The van der Waals surface area contributed by atoms with E-state index in [0.717, 1.165) is 10.2 Å². The van der Waals surface area contributed by atoms with E-state index in [1.165, 1.54) is 36.3 Å². The lowest BCUT2D eigenvalue weighted by atomic mass is 9.83. The molecule has 1 aromatic carbocycles. The molecule has 0 saturated carbocycles. The standard InChI is InChI=1S/C15H23BrS2/c1-3-9-15(11-17,10-4-2)12-18-14-7-5-13(16)6-8-14/h5-8,17H,3-4,9-12H2,1-2H3. The van der Waals surface area contributed by atoms with Gasteiger partial charge >= 0.3 is 0 Å². The zero-order valence-electron chi connectivity index (χ0n) is 11.3. The Morgan fingerprint density at radius 3 is 2.11 bits per heavy atom. The summed E-state index contributed by atoms with van der Waals surface area (Å²) in [6.45, 7) is 4.55. The van der Waals surface area contributed by atoms with Crippen LogP contribution in [0, 0.1) is 5.41 Å². The first-order valence-electron chi connectivity index (χ1n) is 6.65. The van der Waals surface area contributed by atoms with Gasteiger partial charge in [-0.25, -0.2) is 0 Å². The van der Waals surface area contributed by atoms with Gasteiger partial charge in [-0.05, 0) is 48.3 Å². The summed E-state index contributed by atoms with van der Waals surface area (Å²) >= 11 is 10.1. The zero-order chi connectivity index (χ0) is 13.4. The van der Waals surface area contributed by atoms with Crippen LogP contribution in [0.25, 0.3) is 0 Å². The van der Waals surface area contributed by atoms with Crippen LogP contribution in [-0.2, 0) is 0 Å². The molecule has 0 amide bonds. The van der Waals surface area contributed by atoms with Gasteiger partial charge in [0.2, 0.25) is 0 Å². The fourth-order valence-electron chi connectivity index (χ4n) is 2.30. The lowest BCUT2D eigenvalue weighted by Crippen LogP contribution is -2.25. The van der Waals surface area contributed by atoms with Crippen molar-refractivity contribution in [1.29, 1.82) is 0 Å². The van der Waals surface area contributed by atoms with E-state index >= 15 is 0 Å². The molecule has 0 atom stereocenters. The molecular weight excluding hydrogens is 324 g/mol. The molecule has 0 unspecified atom stereocenters. The van der Waals surface area contributed by atoms with Gasteiger partial charge in [-0.2, -0.15) is 12.6 Å². The molecule has 18 heavy (non-hydrogen) atoms. The molecule has 0 N–H and O–H groups in total. The summed E-state index contributed by atoms with van der Waals surface area (Å²) in [7, 11) is 0. The van der Waals surface area contributed by atoms with Gasteiger partial charge in [0.15, 0.2) is 0 Å². The first kappa shape index (κ1) is 16.5. The third kappa shape index (κ3) is 5.18. The smallest absolute Gasteiger partial charge is 0.0176 e. The van der Waals surface area contributed by atoms with Crippen molar-refractivity contribution < 1.29 is 0 Å². The highest BCUT2D eigenvalue weighted by atomic mass is 79.9. The van der Waals surface area contributed by atoms with Crippen molar-refractivity contribution in [2.75, 3.05) is 11.5 Å². The molecule has 1 rings (SSSR count). The summed E-state index contributed by atoms with van der Waals surface area (Å²) in [4.78, 5) is 1.36. The molecular formula is C15H23BrS2. The average Bonchev–Trinajstić information content (AvgIpc) is 2.38. The lowest BCUT2D eigenvalue weighted by molar-refractivity contribution is 0.318. The van der Waals surface area contributed by atoms with Gasteiger partial charge < -0.3 is 0 Å². The fraction of sp³-hybridized carbons (Fsp3) is 0.600. The molecule has 1 aromatic rings. The first-order valence-corrected chi connectivity index (χ1v) is 9.06. The number of rotatable bonds is 8. The van der Waals surface area contributed by atoms with Crippen LogP contribution in [0.3, 0.4) is 0 Å². The van der Waals surface area contributed by atoms with Crippen LogP contribution in [0.4, 0.5) is 0 Å². The second-order valence-electron chi connectivity index (χ2n) is 4.90. The number of thioether (sulfide) groups is 1. The normalized spacial score (nSPS) is 11.8. The molecule has 3 heteroatoms. The first-order chi connectivity index (χ1) is 8.65. The summed E-state index contributed by atoms with van der Waals surface area (Å²) in [5, 5.41) is 0. The average molecular weight is 347 g/mol. The SMILES string of the molecule is CCCC(CS)(CCC)CSc1ccc(Br)cc1. The van der Waals surface area contributed by atoms with E-state index in [4.69, 9.17) is 0 Å². The Labute approximate surface area is 130 Å². The Morgan fingerprint density at radius 2 is 1.67 bits per heavy atom. The van der Waals surface area contributed by atoms with Crippen molar-refractivity contribution in [1.82, 2.24) is 0 Å². The van der Waals surface area contributed by atoms with Gasteiger partial charge in [-0.3, -0.25) is 0 Å². The molecule has 0 aliphatic rings. The number of thiol groups is 1. The van der Waals surface area contributed by atoms with E-state index in [1.54, 1.807) is 0 Å². The Hall–Kier alpha value is 0.400. The van der Waals surface area contributed by atoms with E-state index in [1.807, 2.05) is 11.8 Å². The van der Waals surface area contributed by atoms with Crippen molar-refractivity contribution >= 4 is 40.3 Å². The van der Waals surface area contributed by atoms with Crippen molar-refractivity contribution in [2.24, 2.45) is 5.41 Å². The molecule has 0 aromatic heterocycles. The van der Waals surface area contributed by atoms with Gasteiger partial charge in [0.1, 0.15) is 0 Å². The summed E-state index contributed by atoms with van der Waals surface area (Å²) in [5.74, 6) is 2.18. The maximum Gasteiger partial charge on any atom is 0.0176 e. The molecule has 0 nitrogen and oxygen atoms in total. The molecule has 0 spiro atoms. The quantitative estimate of drug-likeness (QED) is 0.441. The monoisotopic (exact) mass is 346 g/mol. The zero-order valence-corrected chi connectivity index (χ0v) is 14.6. The third-order valence-corrected chi connectivity index (χ3v) is 5.82. The summed E-state index contributed by atoms with van der Waals surface area (Å²) < 4.78 is 1.15. The highest BCUT2D eigenvalue weighted by Gasteiger charge is 2.26. The van der Waals surface area contributed by atoms with Crippen LogP contribution in [0.2, 0.25) is 0 Å². The van der Waals surface area contributed by atoms with Crippen molar-refractivity contribution in [3.05, 3.63) is 28.7 Å². The molecule has 0 saturated heterocycles. The Morgan fingerprint density at radius 1 is 1.11 bits per heavy atom. The molecule has 0 aliphatic carbocycles. The second kappa shape index (κ2) is 8.55. The summed E-state index contributed by atoms with van der Waals surface area (Å²) in [6.07, 6.45) is 5.07. The highest BCUT2D eigenvalue weighted by Crippen LogP contribution is 2.37. The minimum absolute atomic E-state index is 0.407. The van der Waals surface area contributed by atoms with Crippen molar-refractivity contribution in [2.45, 2.75) is 44.4 Å². The fourth-order valence-corrected chi connectivity index (χ4v) is 4.34. The maximum absolute atomic E-state index is 4.61. The van der Waals surface area contributed by atoms with Gasteiger partial charge in [-0.1, -0.05) is 42.6 Å². The molecule has 0 bridgehead atoms. The largest absolute Gasteiger partial charge is 0.179 e. The van der Waals surface area contributed by atoms with E-state index < -0.39 is 0 Å². The molecule has 0 heterocycles. The van der Waals surface area contributed by atoms with Crippen molar-refractivity contribution in [3.63, 3.8) is 0 Å². The predicted octanol–water partition coefficient (Wildman–Crippen LogP) is 6.06. The van der Waals surface area contributed by atoms with E-state index in [9.17, 15) is 0 Å². The summed E-state index contributed by atoms with van der Waals surface area (Å²) in [6, 6.07) is 8.61. The summed E-state index contributed by atoms with van der Waals surface area (Å²) in [5.41, 5.74) is 0.407. The maximum atomic E-state index is 4.61. The minimum atomic E-state index is 0.407. The van der Waals surface area contributed by atoms with Crippen molar-refractivity contribution in [3.8, 4) is 0 Å². The Kier molecular flexibility index (Phi) is 7.81. The van der Waals surface area contributed by atoms with Gasteiger partial charge in [0.05, 0.1) is 0 Å². The lowest BCUT2D eigenvalue weighted by Gasteiger charge is -2.31. The highest BCUT2D eigenvalue weighted by molar-refractivity contribution is 9.10. The molecule has 0 radical (unpaired) electrons. The Bertz CT molecular complexity index is 329. The number of hydrogen-bond acceptors (Lipinski definition) is 2. The number of halogens is 1. The molecule has 0 aliphatic heterocycles. The number of hydrogen-bond donors (Lipinski definition) is 1. The van der Waals surface area contributed by atoms with E-state index in [2.05, 4.69) is 66.7 Å². The van der Waals surface area contributed by atoms with Crippen LogP contribution in [0.15, 0.2) is 33.6 Å². The Balaban J connectivity index is 2.63. The van der Waals surface area contributed by atoms with Crippen LogP contribution >= 0.6 is 40.3 Å². The predicted molar refractivity (Wildman–Crippen MR) is 91.0 cm³/mol. The minimum Gasteiger partial charge on any atom is -0.179 e. The second-order valence-corrected chi connectivity index (χ2v) is 7.18. The molecule has 0 fully saturated rings. The van der Waals surface area contributed by atoms with Gasteiger partial charge in [-0.15, -0.1) is 11.8 Å². The van der Waals surface area contributed by atoms with Crippen LogP contribution in [0.1, 0.15) is 39.5 Å². The van der Waals surface area contributed by atoms with Crippen LogP contribution in [0.5, 0.6) is 0 Å². The van der Waals surface area contributed by atoms with Gasteiger partial charge in [0, 0.05) is 15.1 Å². The van der Waals surface area contributed by atoms with E-state index in [0.29, 0.717) is 5.41 Å². The van der Waals surface area contributed by atoms with Gasteiger partial charge in [0.25, 0.3) is 0 Å². The van der Waals surface area contributed by atoms with Crippen LogP contribution in [-0.4, -0.2) is 11.5 Å². The third-order valence-electron chi connectivity index (χ3n) is 3.25. The topological polar surface area (TPSA) is 0 Å². The number of benzene rings is 1. The molecule has 102 valence electrons. The van der Waals surface area contributed by atoms with Crippen LogP contribution < -0.4 is 0 Å².